The van der Waals surface area contributed by atoms with Crippen LogP contribution in [-0.2, 0) is 9.47 Å². The monoisotopic (exact) mass is 377 g/mol. The number of benzene rings is 1. The van der Waals surface area contributed by atoms with Crippen LogP contribution in [0.1, 0.15) is 38.2 Å². The number of hydrogen-bond donors (Lipinski definition) is 2. The van der Waals surface area contributed by atoms with Crippen molar-refractivity contribution in [3.8, 4) is 5.75 Å². The summed E-state index contributed by atoms with van der Waals surface area (Å²) >= 11 is 0. The van der Waals surface area contributed by atoms with Crippen molar-refractivity contribution in [3.05, 3.63) is 29.8 Å². The van der Waals surface area contributed by atoms with Crippen molar-refractivity contribution in [2.75, 3.05) is 53.2 Å². The molecular weight excluding hydrogens is 342 g/mol. The van der Waals surface area contributed by atoms with Crippen molar-refractivity contribution in [2.24, 2.45) is 10.9 Å². The molecule has 0 aliphatic carbocycles. The van der Waals surface area contributed by atoms with Crippen molar-refractivity contribution in [1.82, 2.24) is 10.6 Å². The van der Waals surface area contributed by atoms with E-state index in [1.807, 2.05) is 12.1 Å². The molecule has 6 nitrogen and oxygen atoms in total. The first-order valence-electron chi connectivity index (χ1n) is 10.0. The van der Waals surface area contributed by atoms with Crippen LogP contribution >= 0.6 is 0 Å². The maximum Gasteiger partial charge on any atom is 0.191 e. The molecule has 1 fully saturated rings. The van der Waals surface area contributed by atoms with Crippen molar-refractivity contribution >= 4 is 5.96 Å². The van der Waals surface area contributed by atoms with Crippen molar-refractivity contribution in [3.63, 3.8) is 0 Å². The number of nitrogens with zero attached hydrogens (tertiary/aromatic N) is 1. The highest BCUT2D eigenvalue weighted by Crippen LogP contribution is 2.18. The van der Waals surface area contributed by atoms with E-state index in [1.165, 1.54) is 5.56 Å². The van der Waals surface area contributed by atoms with Gasteiger partial charge in [0.05, 0.1) is 19.8 Å². The van der Waals surface area contributed by atoms with Crippen LogP contribution in [0.25, 0.3) is 0 Å². The van der Waals surface area contributed by atoms with E-state index < -0.39 is 0 Å². The molecule has 0 spiro atoms. The number of rotatable bonds is 11. The highest BCUT2D eigenvalue weighted by atomic mass is 16.5. The van der Waals surface area contributed by atoms with Crippen LogP contribution in [-0.4, -0.2) is 59.1 Å². The minimum absolute atomic E-state index is 0.539. The molecule has 1 aromatic carbocycles. The van der Waals surface area contributed by atoms with Crippen LogP contribution in [0.4, 0.5) is 0 Å². The first-order valence-corrected chi connectivity index (χ1v) is 10.0. The van der Waals surface area contributed by atoms with E-state index in [0.29, 0.717) is 25.0 Å². The Labute approximate surface area is 163 Å². The van der Waals surface area contributed by atoms with Gasteiger partial charge in [0.2, 0.25) is 0 Å². The number of guanidine groups is 1. The summed E-state index contributed by atoms with van der Waals surface area (Å²) in [5.41, 5.74) is 1.32. The smallest absolute Gasteiger partial charge is 0.191 e. The molecule has 27 heavy (non-hydrogen) atoms. The third kappa shape index (κ3) is 8.63. The maximum atomic E-state index is 5.77. The fourth-order valence-electron chi connectivity index (χ4n) is 2.85. The number of aliphatic imine (C=N–C) groups is 1. The zero-order valence-corrected chi connectivity index (χ0v) is 17.0. The van der Waals surface area contributed by atoms with Crippen molar-refractivity contribution < 1.29 is 14.2 Å². The molecular formula is C21H35N3O3. The Morgan fingerprint density at radius 3 is 2.63 bits per heavy atom. The lowest BCUT2D eigenvalue weighted by molar-refractivity contribution is 0.0888. The predicted molar refractivity (Wildman–Crippen MR) is 110 cm³/mol. The van der Waals surface area contributed by atoms with E-state index in [-0.39, 0.29) is 0 Å². The van der Waals surface area contributed by atoms with Gasteiger partial charge in [-0.05, 0) is 36.5 Å². The Morgan fingerprint density at radius 2 is 1.96 bits per heavy atom. The summed E-state index contributed by atoms with van der Waals surface area (Å²) in [5.74, 6) is 2.80. The van der Waals surface area contributed by atoms with E-state index in [1.54, 1.807) is 7.05 Å². The van der Waals surface area contributed by atoms with Crippen molar-refractivity contribution in [2.45, 2.75) is 32.6 Å². The summed E-state index contributed by atoms with van der Waals surface area (Å²) in [6.45, 7) is 9.79. The predicted octanol–water partition coefficient (Wildman–Crippen LogP) is 2.80. The van der Waals surface area contributed by atoms with E-state index in [0.717, 1.165) is 57.5 Å². The molecule has 0 bridgehead atoms. The first kappa shape index (κ1) is 21.5. The molecule has 2 rings (SSSR count). The molecule has 1 atom stereocenters. The van der Waals surface area contributed by atoms with Crippen LogP contribution in [0.5, 0.6) is 5.75 Å². The Balaban J connectivity index is 1.49. The Kier molecular flexibility index (Phi) is 10.0. The average Bonchev–Trinajstić information content (AvgIpc) is 3.20. The van der Waals surface area contributed by atoms with Gasteiger partial charge in [0.1, 0.15) is 12.4 Å². The van der Waals surface area contributed by atoms with Gasteiger partial charge in [0.15, 0.2) is 5.96 Å². The molecule has 152 valence electrons. The molecule has 1 unspecified atom stereocenters. The fourth-order valence-corrected chi connectivity index (χ4v) is 2.85. The molecule has 1 saturated heterocycles. The van der Waals surface area contributed by atoms with E-state index in [4.69, 9.17) is 14.2 Å². The summed E-state index contributed by atoms with van der Waals surface area (Å²) in [4.78, 5) is 4.23. The van der Waals surface area contributed by atoms with E-state index in [2.05, 4.69) is 41.6 Å². The Morgan fingerprint density at radius 1 is 1.19 bits per heavy atom. The highest BCUT2D eigenvalue weighted by Gasteiger charge is 2.15. The molecule has 6 heteroatoms. The second-order valence-corrected chi connectivity index (χ2v) is 7.16. The molecule has 0 radical (unpaired) electrons. The zero-order chi connectivity index (χ0) is 19.3. The first-order chi connectivity index (χ1) is 13.2. The largest absolute Gasteiger partial charge is 0.492 e. The lowest BCUT2D eigenvalue weighted by atomic mass is 10.0. The highest BCUT2D eigenvalue weighted by molar-refractivity contribution is 5.79. The number of nitrogens with one attached hydrogen (secondary N) is 2. The van der Waals surface area contributed by atoms with Crippen molar-refractivity contribution in [1.29, 1.82) is 0 Å². The molecule has 1 aliphatic rings. The molecule has 2 N–H and O–H groups in total. The number of hydrogen-bond acceptors (Lipinski definition) is 4. The Bertz CT molecular complexity index is 540. The van der Waals surface area contributed by atoms with E-state index >= 15 is 0 Å². The maximum absolute atomic E-state index is 5.77. The van der Waals surface area contributed by atoms with Crippen LogP contribution in [0.15, 0.2) is 29.3 Å². The summed E-state index contributed by atoms with van der Waals surface area (Å²) in [7, 11) is 1.78. The van der Waals surface area contributed by atoms with E-state index in [9.17, 15) is 0 Å². The van der Waals surface area contributed by atoms with Crippen LogP contribution < -0.4 is 15.4 Å². The van der Waals surface area contributed by atoms with Gasteiger partial charge in [-0.15, -0.1) is 0 Å². The van der Waals surface area contributed by atoms with Crippen LogP contribution in [0.2, 0.25) is 0 Å². The van der Waals surface area contributed by atoms with Gasteiger partial charge in [-0.25, -0.2) is 0 Å². The summed E-state index contributed by atoms with van der Waals surface area (Å²) in [6, 6.07) is 8.30. The standard InChI is InChI=1S/C21H35N3O3/c1-17(2)19-5-7-20(8-6-19)27-14-11-24-21(22-3)23-10-4-12-25-15-18-9-13-26-16-18/h5-8,17-18H,4,9-16H2,1-3H3,(H2,22,23,24). The number of ether oxygens (including phenoxy) is 3. The van der Waals surface area contributed by atoms with Gasteiger partial charge in [-0.1, -0.05) is 26.0 Å². The minimum Gasteiger partial charge on any atom is -0.492 e. The normalized spacial score (nSPS) is 17.3. The molecule has 0 aromatic heterocycles. The van der Waals surface area contributed by atoms with Gasteiger partial charge in [0, 0.05) is 32.7 Å². The lowest BCUT2D eigenvalue weighted by Gasteiger charge is -2.13. The van der Waals surface area contributed by atoms with Crippen LogP contribution in [0, 0.1) is 5.92 Å². The van der Waals surface area contributed by atoms with Gasteiger partial charge in [-0.2, -0.15) is 0 Å². The zero-order valence-electron chi connectivity index (χ0n) is 17.0. The summed E-state index contributed by atoms with van der Waals surface area (Å²) < 4.78 is 16.8. The Hall–Kier alpha value is -1.79. The second-order valence-electron chi connectivity index (χ2n) is 7.16. The third-order valence-corrected chi connectivity index (χ3v) is 4.57. The molecule has 1 heterocycles. The fraction of sp³-hybridized carbons (Fsp3) is 0.667. The lowest BCUT2D eigenvalue weighted by Crippen LogP contribution is -2.39. The minimum atomic E-state index is 0.539. The molecule has 1 aromatic rings. The van der Waals surface area contributed by atoms with Crippen LogP contribution in [0.3, 0.4) is 0 Å². The topological polar surface area (TPSA) is 64.1 Å². The van der Waals surface area contributed by atoms with Gasteiger partial charge < -0.3 is 24.8 Å². The summed E-state index contributed by atoms with van der Waals surface area (Å²) in [5, 5.41) is 6.56. The molecule has 1 aliphatic heterocycles. The van der Waals surface area contributed by atoms with Gasteiger partial charge >= 0.3 is 0 Å². The SMILES string of the molecule is CN=C(NCCCOCC1CCOC1)NCCOc1ccc(C(C)C)cc1. The quantitative estimate of drug-likeness (QED) is 0.353. The second kappa shape index (κ2) is 12.6. The third-order valence-electron chi connectivity index (χ3n) is 4.57. The van der Waals surface area contributed by atoms with Gasteiger partial charge in [0.25, 0.3) is 0 Å². The average molecular weight is 378 g/mol. The summed E-state index contributed by atoms with van der Waals surface area (Å²) in [6.07, 6.45) is 2.08. The van der Waals surface area contributed by atoms with Gasteiger partial charge in [-0.3, -0.25) is 4.99 Å². The molecule has 0 saturated carbocycles. The molecule has 0 amide bonds.